The van der Waals surface area contributed by atoms with Crippen LogP contribution in [-0.4, -0.2) is 43.0 Å². The number of amides is 2. The molecule has 0 bridgehead atoms. The minimum atomic E-state index is -0.738. The zero-order valence-corrected chi connectivity index (χ0v) is 21.5. The van der Waals surface area contributed by atoms with Gasteiger partial charge in [-0.3, -0.25) is 9.59 Å². The maximum Gasteiger partial charge on any atom is 0.242 e. The molecule has 6 nitrogen and oxygen atoms in total. The Hall–Kier alpha value is -3.22. The molecule has 36 heavy (non-hydrogen) atoms. The summed E-state index contributed by atoms with van der Waals surface area (Å²) >= 11 is 12.9. The average Bonchev–Trinajstić information content (AvgIpc) is 2.90. The summed E-state index contributed by atoms with van der Waals surface area (Å²) in [7, 11) is 1.57. The summed E-state index contributed by atoms with van der Waals surface area (Å²) in [6, 6.07) is 19.8. The molecule has 0 unspecified atom stereocenters. The summed E-state index contributed by atoms with van der Waals surface area (Å²) in [5.74, 6) is 0.951. The summed E-state index contributed by atoms with van der Waals surface area (Å²) in [5.41, 5.74) is 2.50. The van der Waals surface area contributed by atoms with Crippen molar-refractivity contribution in [2.75, 3.05) is 20.3 Å². The van der Waals surface area contributed by atoms with Crippen LogP contribution in [0.5, 0.6) is 11.5 Å². The van der Waals surface area contributed by atoms with E-state index in [-0.39, 0.29) is 24.8 Å². The summed E-state index contributed by atoms with van der Waals surface area (Å²) in [6.45, 7) is 1.13. The Morgan fingerprint density at radius 3 is 2.31 bits per heavy atom. The van der Waals surface area contributed by atoms with Gasteiger partial charge in [0.15, 0.2) is 11.5 Å². The van der Waals surface area contributed by atoms with E-state index in [0.29, 0.717) is 53.2 Å². The molecule has 1 aliphatic heterocycles. The van der Waals surface area contributed by atoms with Crippen molar-refractivity contribution in [2.45, 2.75) is 31.8 Å². The molecule has 1 atom stereocenters. The van der Waals surface area contributed by atoms with Gasteiger partial charge in [0.2, 0.25) is 11.8 Å². The van der Waals surface area contributed by atoms with E-state index in [4.69, 9.17) is 32.7 Å². The van der Waals surface area contributed by atoms with Crippen molar-refractivity contribution < 1.29 is 19.1 Å². The number of rotatable bonds is 9. The number of likely N-dealkylation sites (N-methyl/N-ethyl adjacent to an activating group) is 1. The minimum absolute atomic E-state index is 0.114. The lowest BCUT2D eigenvalue weighted by Gasteiger charge is -2.32. The zero-order chi connectivity index (χ0) is 25.5. The molecule has 1 heterocycles. The lowest BCUT2D eigenvalue weighted by Crippen LogP contribution is -2.49. The topological polar surface area (TPSA) is 67.9 Å². The molecular weight excluding hydrogens is 499 g/mol. The van der Waals surface area contributed by atoms with E-state index in [0.717, 1.165) is 11.1 Å². The van der Waals surface area contributed by atoms with Crippen LogP contribution >= 0.6 is 23.2 Å². The second-order valence-electron chi connectivity index (χ2n) is 8.52. The summed E-state index contributed by atoms with van der Waals surface area (Å²) in [5, 5.41) is 3.61. The largest absolute Gasteiger partial charge is 0.486 e. The van der Waals surface area contributed by atoms with Crippen LogP contribution in [0.4, 0.5) is 0 Å². The highest BCUT2D eigenvalue weighted by Crippen LogP contribution is 2.31. The van der Waals surface area contributed by atoms with Crippen LogP contribution in [0, 0.1) is 0 Å². The van der Waals surface area contributed by atoms with E-state index in [1.54, 1.807) is 30.1 Å². The average molecular weight is 527 g/mol. The number of halogens is 2. The highest BCUT2D eigenvalue weighted by atomic mass is 35.5. The molecule has 3 aromatic rings. The van der Waals surface area contributed by atoms with Crippen molar-refractivity contribution in [3.8, 4) is 11.5 Å². The fraction of sp³-hybridized carbons (Fsp3) is 0.286. The molecule has 1 N–H and O–H groups in total. The van der Waals surface area contributed by atoms with Crippen LogP contribution in [0.1, 0.15) is 23.1 Å². The number of nitrogens with one attached hydrogen (secondary N) is 1. The highest BCUT2D eigenvalue weighted by molar-refractivity contribution is 6.36. The molecule has 2 amide bonds. The molecule has 0 spiro atoms. The Morgan fingerprint density at radius 2 is 1.61 bits per heavy atom. The first kappa shape index (κ1) is 25.9. The normalized spacial score (nSPS) is 13.1. The van der Waals surface area contributed by atoms with E-state index in [1.807, 2.05) is 48.5 Å². The number of fused-ring (bicyclic) bond motifs is 1. The second kappa shape index (κ2) is 12.2. The predicted molar refractivity (Wildman–Crippen MR) is 141 cm³/mol. The molecule has 188 valence electrons. The fourth-order valence-corrected chi connectivity index (χ4v) is 4.73. The third-order valence-electron chi connectivity index (χ3n) is 6.14. The molecule has 0 fully saturated rings. The Labute approximate surface area is 221 Å². The molecule has 0 radical (unpaired) electrons. The standard InChI is InChI=1S/C28H28Cl2N2O4/c1-31-28(34)24(16-19-6-3-2-4-7-19)32(18-21-22(29)8-5-9-23(21)30)27(33)13-11-20-10-12-25-26(17-20)36-15-14-35-25/h2-10,12,17,24H,11,13-16,18H2,1H3,(H,31,34)/t24-/m1/s1. The maximum atomic E-state index is 13.7. The Bertz CT molecular complexity index is 1200. The van der Waals surface area contributed by atoms with Crippen LogP contribution in [0.2, 0.25) is 10.0 Å². The molecule has 0 saturated heterocycles. The lowest BCUT2D eigenvalue weighted by molar-refractivity contribution is -0.141. The van der Waals surface area contributed by atoms with Gasteiger partial charge in [-0.1, -0.05) is 65.7 Å². The van der Waals surface area contributed by atoms with Gasteiger partial charge in [-0.05, 0) is 41.8 Å². The molecule has 0 saturated carbocycles. The van der Waals surface area contributed by atoms with Gasteiger partial charge in [-0.2, -0.15) is 0 Å². The molecule has 0 aliphatic carbocycles. The summed E-state index contributed by atoms with van der Waals surface area (Å²) < 4.78 is 11.3. The maximum absolute atomic E-state index is 13.7. The highest BCUT2D eigenvalue weighted by Gasteiger charge is 2.30. The van der Waals surface area contributed by atoms with Crippen LogP contribution in [0.15, 0.2) is 66.7 Å². The summed E-state index contributed by atoms with van der Waals surface area (Å²) in [4.78, 5) is 28.3. The van der Waals surface area contributed by atoms with E-state index in [2.05, 4.69) is 5.32 Å². The number of benzene rings is 3. The van der Waals surface area contributed by atoms with Gasteiger partial charge >= 0.3 is 0 Å². The molecule has 8 heteroatoms. The first-order valence-corrected chi connectivity index (χ1v) is 12.6. The van der Waals surface area contributed by atoms with E-state index in [9.17, 15) is 9.59 Å². The molecule has 1 aliphatic rings. The van der Waals surface area contributed by atoms with Crippen LogP contribution in [0.25, 0.3) is 0 Å². The molecule has 4 rings (SSSR count). The molecular formula is C28H28Cl2N2O4. The fourth-order valence-electron chi connectivity index (χ4n) is 4.21. The van der Waals surface area contributed by atoms with E-state index >= 15 is 0 Å². The third-order valence-corrected chi connectivity index (χ3v) is 6.85. The van der Waals surface area contributed by atoms with Gasteiger partial charge in [0.25, 0.3) is 0 Å². The van der Waals surface area contributed by atoms with Gasteiger partial charge < -0.3 is 19.7 Å². The number of carbonyl (C=O) groups is 2. The van der Waals surface area contributed by atoms with Crippen molar-refractivity contribution in [3.63, 3.8) is 0 Å². The smallest absolute Gasteiger partial charge is 0.242 e. The number of hydrogen-bond donors (Lipinski definition) is 1. The van der Waals surface area contributed by atoms with Crippen LogP contribution in [-0.2, 0) is 29.0 Å². The van der Waals surface area contributed by atoms with Crippen molar-refractivity contribution in [1.29, 1.82) is 0 Å². The van der Waals surface area contributed by atoms with Crippen molar-refractivity contribution in [2.24, 2.45) is 0 Å². The zero-order valence-electron chi connectivity index (χ0n) is 20.0. The summed E-state index contributed by atoms with van der Waals surface area (Å²) in [6.07, 6.45) is 1.04. The Balaban J connectivity index is 1.60. The Kier molecular flexibility index (Phi) is 8.73. The monoisotopic (exact) mass is 526 g/mol. The van der Waals surface area contributed by atoms with Crippen LogP contribution in [0.3, 0.4) is 0 Å². The van der Waals surface area contributed by atoms with Gasteiger partial charge in [0, 0.05) is 42.0 Å². The first-order valence-electron chi connectivity index (χ1n) is 11.8. The number of nitrogens with zero attached hydrogens (tertiary/aromatic N) is 1. The number of ether oxygens (including phenoxy) is 2. The number of aryl methyl sites for hydroxylation is 1. The van der Waals surface area contributed by atoms with Crippen molar-refractivity contribution in [3.05, 3.63) is 93.5 Å². The molecule has 0 aromatic heterocycles. The lowest BCUT2D eigenvalue weighted by atomic mass is 10.0. The Morgan fingerprint density at radius 1 is 0.917 bits per heavy atom. The van der Waals surface area contributed by atoms with Crippen molar-refractivity contribution in [1.82, 2.24) is 10.2 Å². The van der Waals surface area contributed by atoms with Gasteiger partial charge in [-0.15, -0.1) is 0 Å². The second-order valence-corrected chi connectivity index (χ2v) is 9.33. The van der Waals surface area contributed by atoms with Crippen molar-refractivity contribution >= 4 is 35.0 Å². The van der Waals surface area contributed by atoms with E-state index < -0.39 is 6.04 Å². The van der Waals surface area contributed by atoms with Gasteiger partial charge in [0.05, 0.1) is 0 Å². The third kappa shape index (κ3) is 6.31. The number of carbonyl (C=O) groups excluding carboxylic acids is 2. The van der Waals surface area contributed by atoms with E-state index in [1.165, 1.54) is 0 Å². The number of hydrogen-bond acceptors (Lipinski definition) is 4. The van der Waals surface area contributed by atoms with Crippen LogP contribution < -0.4 is 14.8 Å². The predicted octanol–water partition coefficient (Wildman–Crippen LogP) is 5.08. The minimum Gasteiger partial charge on any atom is -0.486 e. The molecule has 3 aromatic carbocycles. The van der Waals surface area contributed by atoms with Gasteiger partial charge in [0.1, 0.15) is 19.3 Å². The quantitative estimate of drug-likeness (QED) is 0.422. The SMILES string of the molecule is CNC(=O)[C@@H](Cc1ccccc1)N(Cc1c(Cl)cccc1Cl)C(=O)CCc1ccc2c(c1)OCCO2. The van der Waals surface area contributed by atoms with Gasteiger partial charge in [-0.25, -0.2) is 0 Å². The first-order chi connectivity index (χ1) is 17.5.